The Hall–Kier alpha value is -2.30. The molecule has 2 aromatic carbocycles. The van der Waals surface area contributed by atoms with E-state index in [1.54, 1.807) is 36.4 Å². The summed E-state index contributed by atoms with van der Waals surface area (Å²) in [6.45, 7) is 10.2. The lowest BCUT2D eigenvalue weighted by Gasteiger charge is -2.15. The van der Waals surface area contributed by atoms with Crippen molar-refractivity contribution in [3.8, 4) is 0 Å². The van der Waals surface area contributed by atoms with Gasteiger partial charge in [0, 0.05) is 11.1 Å². The van der Waals surface area contributed by atoms with Crippen LogP contribution in [-0.4, -0.2) is 33.0 Å². The molecule has 2 aromatic rings. The first-order chi connectivity index (χ1) is 12.3. The molecule has 0 bridgehead atoms. The SMILES string of the molecule is CC(C)(O)C(=O)c1ccccc1.CC(C)c1ccc(C(=O)C(C)(C)O)cc1. The Morgan fingerprint density at radius 3 is 1.41 bits per heavy atom. The Morgan fingerprint density at radius 1 is 0.704 bits per heavy atom. The molecule has 0 aliphatic rings. The van der Waals surface area contributed by atoms with Gasteiger partial charge in [0.1, 0.15) is 11.2 Å². The molecule has 0 radical (unpaired) electrons. The predicted molar refractivity (Wildman–Crippen MR) is 108 cm³/mol. The normalized spacial score (nSPS) is 11.6. The molecule has 0 saturated heterocycles. The molecule has 146 valence electrons. The molecule has 0 aliphatic heterocycles. The minimum atomic E-state index is -1.29. The molecule has 27 heavy (non-hydrogen) atoms. The maximum absolute atomic E-state index is 11.7. The van der Waals surface area contributed by atoms with Crippen molar-refractivity contribution in [1.82, 2.24) is 0 Å². The predicted octanol–water partition coefficient (Wildman–Crippen LogP) is 4.40. The Labute approximate surface area is 161 Å². The maximum atomic E-state index is 11.7. The third-order valence-electron chi connectivity index (χ3n) is 3.99. The molecular formula is C23H30O4. The molecule has 0 spiro atoms. The van der Waals surface area contributed by atoms with Gasteiger partial charge in [0.15, 0.2) is 11.6 Å². The summed E-state index contributed by atoms with van der Waals surface area (Å²) in [4.78, 5) is 23.1. The number of carbonyl (C=O) groups excluding carboxylic acids is 2. The van der Waals surface area contributed by atoms with Gasteiger partial charge in [-0.25, -0.2) is 0 Å². The number of hydrogen-bond donors (Lipinski definition) is 2. The van der Waals surface area contributed by atoms with Crippen LogP contribution in [0, 0.1) is 0 Å². The number of rotatable bonds is 5. The molecule has 4 heteroatoms. The van der Waals surface area contributed by atoms with Gasteiger partial charge in [-0.15, -0.1) is 0 Å². The van der Waals surface area contributed by atoms with Crippen molar-refractivity contribution < 1.29 is 19.8 Å². The topological polar surface area (TPSA) is 74.6 Å². The Balaban J connectivity index is 0.000000277. The van der Waals surface area contributed by atoms with Crippen molar-refractivity contribution in [3.63, 3.8) is 0 Å². The summed E-state index contributed by atoms with van der Waals surface area (Å²) in [5.41, 5.74) is -0.264. The quantitative estimate of drug-likeness (QED) is 0.765. The van der Waals surface area contributed by atoms with E-state index in [9.17, 15) is 19.8 Å². The highest BCUT2D eigenvalue weighted by Gasteiger charge is 2.25. The molecule has 0 heterocycles. The zero-order chi connectivity index (χ0) is 20.8. The van der Waals surface area contributed by atoms with Crippen molar-refractivity contribution in [2.75, 3.05) is 0 Å². The number of hydrogen-bond acceptors (Lipinski definition) is 4. The van der Waals surface area contributed by atoms with Crippen LogP contribution in [0.3, 0.4) is 0 Å². The summed E-state index contributed by atoms with van der Waals surface area (Å²) < 4.78 is 0. The second-order valence-corrected chi connectivity index (χ2v) is 7.92. The fraction of sp³-hybridized carbons (Fsp3) is 0.391. The number of carbonyl (C=O) groups is 2. The molecule has 2 N–H and O–H groups in total. The molecule has 4 nitrogen and oxygen atoms in total. The smallest absolute Gasteiger partial charge is 0.193 e. The second-order valence-electron chi connectivity index (χ2n) is 7.92. The minimum Gasteiger partial charge on any atom is -0.382 e. The molecule has 0 amide bonds. The van der Waals surface area contributed by atoms with E-state index in [-0.39, 0.29) is 11.6 Å². The van der Waals surface area contributed by atoms with Crippen LogP contribution in [0.4, 0.5) is 0 Å². The molecule has 0 unspecified atom stereocenters. The summed E-state index contributed by atoms with van der Waals surface area (Å²) in [5.74, 6) is -0.0304. The van der Waals surface area contributed by atoms with Crippen molar-refractivity contribution in [1.29, 1.82) is 0 Å². The van der Waals surface area contributed by atoms with E-state index in [4.69, 9.17) is 0 Å². The minimum absolute atomic E-state index is 0.238. The van der Waals surface area contributed by atoms with Crippen LogP contribution >= 0.6 is 0 Å². The summed E-state index contributed by atoms with van der Waals surface area (Å²) in [7, 11) is 0. The van der Waals surface area contributed by atoms with Crippen molar-refractivity contribution in [2.45, 2.75) is 58.7 Å². The number of ketones is 2. The van der Waals surface area contributed by atoms with Gasteiger partial charge in [-0.05, 0) is 39.2 Å². The monoisotopic (exact) mass is 370 g/mol. The number of aliphatic hydroxyl groups is 2. The van der Waals surface area contributed by atoms with E-state index in [2.05, 4.69) is 13.8 Å². The maximum Gasteiger partial charge on any atom is 0.193 e. The van der Waals surface area contributed by atoms with E-state index in [0.29, 0.717) is 17.0 Å². The van der Waals surface area contributed by atoms with E-state index >= 15 is 0 Å². The van der Waals surface area contributed by atoms with Crippen LogP contribution < -0.4 is 0 Å². The van der Waals surface area contributed by atoms with Gasteiger partial charge < -0.3 is 10.2 Å². The molecular weight excluding hydrogens is 340 g/mol. The molecule has 0 saturated carbocycles. The van der Waals surface area contributed by atoms with Gasteiger partial charge in [0.2, 0.25) is 0 Å². The van der Waals surface area contributed by atoms with Crippen molar-refractivity contribution >= 4 is 11.6 Å². The average Bonchev–Trinajstić information content (AvgIpc) is 2.60. The Kier molecular flexibility index (Phi) is 7.64. The van der Waals surface area contributed by atoms with Crippen molar-refractivity contribution in [2.24, 2.45) is 0 Å². The van der Waals surface area contributed by atoms with Crippen LogP contribution in [0.25, 0.3) is 0 Å². The number of benzene rings is 2. The van der Waals surface area contributed by atoms with Gasteiger partial charge in [-0.2, -0.15) is 0 Å². The highest BCUT2D eigenvalue weighted by atomic mass is 16.3. The highest BCUT2D eigenvalue weighted by molar-refractivity contribution is 6.02. The van der Waals surface area contributed by atoms with Crippen LogP contribution in [0.1, 0.15) is 73.7 Å². The van der Waals surface area contributed by atoms with E-state index in [1.807, 2.05) is 18.2 Å². The zero-order valence-electron chi connectivity index (χ0n) is 17.0. The lowest BCUT2D eigenvalue weighted by Crippen LogP contribution is -2.31. The first kappa shape index (κ1) is 22.7. The number of Topliss-reactive ketones (excluding diaryl/α,β-unsaturated/α-hetero) is 2. The van der Waals surface area contributed by atoms with Gasteiger partial charge in [-0.1, -0.05) is 68.4 Å². The third-order valence-corrected chi connectivity index (χ3v) is 3.99. The highest BCUT2D eigenvalue weighted by Crippen LogP contribution is 2.18. The summed E-state index contributed by atoms with van der Waals surface area (Å²) in [5, 5.41) is 19.0. The fourth-order valence-corrected chi connectivity index (χ4v) is 2.32. The van der Waals surface area contributed by atoms with Crippen LogP contribution in [0.5, 0.6) is 0 Å². The summed E-state index contributed by atoms with van der Waals surface area (Å²) in [6.07, 6.45) is 0. The molecule has 0 atom stereocenters. The molecule has 0 fully saturated rings. The van der Waals surface area contributed by atoms with Gasteiger partial charge in [-0.3, -0.25) is 9.59 Å². The standard InChI is InChI=1S/C13H18O2.C10H12O2/c1-9(2)10-5-7-11(8-6-10)12(14)13(3,4)15;1-10(2,12)9(11)8-6-4-3-5-7-8/h5-9,15H,1-4H3;3-7,12H,1-2H3. The van der Waals surface area contributed by atoms with Gasteiger partial charge >= 0.3 is 0 Å². The van der Waals surface area contributed by atoms with Gasteiger partial charge in [0.25, 0.3) is 0 Å². The Morgan fingerprint density at radius 2 is 1.07 bits per heavy atom. The first-order valence-electron chi connectivity index (χ1n) is 9.03. The Bertz CT molecular complexity index is 746. The summed E-state index contributed by atoms with van der Waals surface area (Å²) in [6, 6.07) is 16.2. The third kappa shape index (κ3) is 7.08. The average molecular weight is 370 g/mol. The first-order valence-corrected chi connectivity index (χ1v) is 9.03. The molecule has 0 aromatic heterocycles. The van der Waals surface area contributed by atoms with Crippen molar-refractivity contribution in [3.05, 3.63) is 71.3 Å². The van der Waals surface area contributed by atoms with Crippen LogP contribution in [0.2, 0.25) is 0 Å². The van der Waals surface area contributed by atoms with E-state index < -0.39 is 11.2 Å². The second kappa shape index (κ2) is 9.07. The summed E-state index contributed by atoms with van der Waals surface area (Å²) >= 11 is 0. The molecule has 2 rings (SSSR count). The van der Waals surface area contributed by atoms with E-state index in [0.717, 1.165) is 0 Å². The fourth-order valence-electron chi connectivity index (χ4n) is 2.32. The van der Waals surface area contributed by atoms with Crippen LogP contribution in [-0.2, 0) is 0 Å². The lowest BCUT2D eigenvalue weighted by molar-refractivity contribution is 0.0487. The largest absolute Gasteiger partial charge is 0.382 e. The zero-order valence-corrected chi connectivity index (χ0v) is 17.0. The van der Waals surface area contributed by atoms with Gasteiger partial charge in [0.05, 0.1) is 0 Å². The lowest BCUT2D eigenvalue weighted by atomic mass is 9.94. The molecule has 0 aliphatic carbocycles. The van der Waals surface area contributed by atoms with Crippen LogP contribution in [0.15, 0.2) is 54.6 Å². The van der Waals surface area contributed by atoms with E-state index in [1.165, 1.54) is 33.3 Å².